The smallest absolute Gasteiger partial charge is 0.0624 e. The first-order valence-electron chi connectivity index (χ1n) is 6.95. The fourth-order valence-electron chi connectivity index (χ4n) is 2.45. The van der Waals surface area contributed by atoms with E-state index in [1.807, 2.05) is 18.2 Å². The normalized spacial score (nSPS) is 12.4. The second kappa shape index (κ2) is 7.64. The number of hydrogen-bond donors (Lipinski definition) is 1. The summed E-state index contributed by atoms with van der Waals surface area (Å²) in [6.07, 6.45) is 0.810. The van der Waals surface area contributed by atoms with E-state index >= 15 is 0 Å². The molecule has 4 heteroatoms. The molecule has 1 N–H and O–H groups in total. The van der Waals surface area contributed by atoms with Crippen molar-refractivity contribution in [3.8, 4) is 0 Å². The van der Waals surface area contributed by atoms with Crippen LogP contribution in [0.5, 0.6) is 0 Å². The summed E-state index contributed by atoms with van der Waals surface area (Å²) in [5, 5.41) is 4.79. The Labute approximate surface area is 144 Å². The third-order valence-corrected chi connectivity index (χ3v) is 4.87. The Morgan fingerprint density at radius 1 is 1.19 bits per heavy atom. The van der Waals surface area contributed by atoms with Crippen LogP contribution in [0.15, 0.2) is 40.9 Å². The fourth-order valence-corrected chi connectivity index (χ4v) is 3.23. The average molecular weight is 387 g/mol. The van der Waals surface area contributed by atoms with E-state index in [4.69, 9.17) is 23.2 Å². The van der Waals surface area contributed by atoms with Crippen molar-refractivity contribution in [2.24, 2.45) is 0 Å². The molecule has 2 rings (SSSR count). The topological polar surface area (TPSA) is 12.0 Å². The van der Waals surface area contributed by atoms with Crippen LogP contribution >= 0.6 is 39.1 Å². The van der Waals surface area contributed by atoms with Gasteiger partial charge in [0.1, 0.15) is 0 Å². The minimum absolute atomic E-state index is 0.212. The SMILES string of the molecule is CCNC(Cc1cccc(Cl)c1Cl)c1cc(Br)ccc1C. The molecule has 0 saturated carbocycles. The lowest BCUT2D eigenvalue weighted by atomic mass is 9.95. The van der Waals surface area contributed by atoms with E-state index < -0.39 is 0 Å². The number of aryl methyl sites for hydroxylation is 1. The van der Waals surface area contributed by atoms with Crippen LogP contribution in [0.3, 0.4) is 0 Å². The number of nitrogens with one attached hydrogen (secondary N) is 1. The first-order valence-corrected chi connectivity index (χ1v) is 8.50. The van der Waals surface area contributed by atoms with Gasteiger partial charge in [-0.05, 0) is 54.8 Å². The zero-order valence-electron chi connectivity index (χ0n) is 12.1. The van der Waals surface area contributed by atoms with Crippen molar-refractivity contribution in [1.29, 1.82) is 0 Å². The Hall–Kier alpha value is -0.540. The molecule has 0 aliphatic carbocycles. The Bertz CT molecular complexity index is 628. The van der Waals surface area contributed by atoms with E-state index in [2.05, 4.69) is 53.3 Å². The van der Waals surface area contributed by atoms with Gasteiger partial charge in [-0.2, -0.15) is 0 Å². The summed E-state index contributed by atoms with van der Waals surface area (Å²) >= 11 is 16.0. The number of hydrogen-bond acceptors (Lipinski definition) is 1. The van der Waals surface area contributed by atoms with E-state index in [9.17, 15) is 0 Å². The highest BCUT2D eigenvalue weighted by Gasteiger charge is 2.16. The summed E-state index contributed by atoms with van der Waals surface area (Å²) in [4.78, 5) is 0. The first-order chi connectivity index (χ1) is 10.0. The van der Waals surface area contributed by atoms with Gasteiger partial charge >= 0.3 is 0 Å². The zero-order valence-corrected chi connectivity index (χ0v) is 15.2. The summed E-state index contributed by atoms with van der Waals surface area (Å²) in [6.45, 7) is 5.14. The standard InChI is InChI=1S/C17H18BrCl2N/c1-3-21-16(14-10-13(18)8-7-11(14)2)9-12-5-4-6-15(19)17(12)20/h4-8,10,16,21H,3,9H2,1-2H3. The fraction of sp³-hybridized carbons (Fsp3) is 0.294. The lowest BCUT2D eigenvalue weighted by molar-refractivity contribution is 0.547. The molecule has 0 aliphatic heterocycles. The molecule has 0 spiro atoms. The highest BCUT2D eigenvalue weighted by molar-refractivity contribution is 9.10. The van der Waals surface area contributed by atoms with Gasteiger partial charge in [0.15, 0.2) is 0 Å². The van der Waals surface area contributed by atoms with Gasteiger partial charge in [-0.1, -0.05) is 64.3 Å². The molecule has 1 atom stereocenters. The first kappa shape index (κ1) is 16.8. The maximum absolute atomic E-state index is 6.33. The molecule has 2 aromatic rings. The number of halogens is 3. The molecule has 1 nitrogen and oxygen atoms in total. The second-order valence-electron chi connectivity index (χ2n) is 5.03. The van der Waals surface area contributed by atoms with Gasteiger partial charge in [0.25, 0.3) is 0 Å². The van der Waals surface area contributed by atoms with Gasteiger partial charge in [0, 0.05) is 10.5 Å². The molecule has 21 heavy (non-hydrogen) atoms. The van der Waals surface area contributed by atoms with Gasteiger partial charge < -0.3 is 5.32 Å². The summed E-state index contributed by atoms with van der Waals surface area (Å²) in [5.41, 5.74) is 3.61. The minimum atomic E-state index is 0.212. The molecule has 2 aromatic carbocycles. The number of likely N-dealkylation sites (N-methyl/N-ethyl adjacent to an activating group) is 1. The average Bonchev–Trinajstić information content (AvgIpc) is 2.46. The molecule has 0 bridgehead atoms. The molecule has 1 unspecified atom stereocenters. The zero-order chi connectivity index (χ0) is 15.4. The van der Waals surface area contributed by atoms with E-state index in [0.29, 0.717) is 10.0 Å². The lowest BCUT2D eigenvalue weighted by Crippen LogP contribution is -2.24. The number of benzene rings is 2. The minimum Gasteiger partial charge on any atom is -0.310 e. The molecule has 0 aromatic heterocycles. The quantitative estimate of drug-likeness (QED) is 0.668. The molecule has 0 radical (unpaired) electrons. The van der Waals surface area contributed by atoms with Crippen LogP contribution in [0.25, 0.3) is 0 Å². The van der Waals surface area contributed by atoms with Gasteiger partial charge in [0.05, 0.1) is 10.0 Å². The molecular formula is C17H18BrCl2N. The molecule has 112 valence electrons. The summed E-state index contributed by atoms with van der Waals surface area (Å²) < 4.78 is 1.09. The van der Waals surface area contributed by atoms with Crippen LogP contribution in [0.2, 0.25) is 10.0 Å². The Balaban J connectivity index is 2.35. The Morgan fingerprint density at radius 3 is 2.67 bits per heavy atom. The molecule has 0 heterocycles. The van der Waals surface area contributed by atoms with Crippen LogP contribution in [0.1, 0.15) is 29.7 Å². The Kier molecular flexibility index (Phi) is 6.12. The van der Waals surface area contributed by atoms with E-state index in [0.717, 1.165) is 23.0 Å². The van der Waals surface area contributed by atoms with Crippen LogP contribution in [-0.4, -0.2) is 6.54 Å². The van der Waals surface area contributed by atoms with Crippen molar-refractivity contribution in [1.82, 2.24) is 5.32 Å². The molecule has 0 fully saturated rings. The summed E-state index contributed by atoms with van der Waals surface area (Å²) in [5.74, 6) is 0. The highest BCUT2D eigenvalue weighted by Crippen LogP contribution is 2.31. The predicted octanol–water partition coefficient (Wildman–Crippen LogP) is 5.96. The Morgan fingerprint density at radius 2 is 1.95 bits per heavy atom. The van der Waals surface area contributed by atoms with Crippen molar-refractivity contribution < 1.29 is 0 Å². The van der Waals surface area contributed by atoms with Gasteiger partial charge in [-0.25, -0.2) is 0 Å². The van der Waals surface area contributed by atoms with Gasteiger partial charge in [-0.15, -0.1) is 0 Å². The van der Waals surface area contributed by atoms with Crippen molar-refractivity contribution in [2.75, 3.05) is 6.54 Å². The maximum atomic E-state index is 6.33. The van der Waals surface area contributed by atoms with Crippen molar-refractivity contribution >= 4 is 39.1 Å². The summed E-state index contributed by atoms with van der Waals surface area (Å²) in [7, 11) is 0. The van der Waals surface area contributed by atoms with Gasteiger partial charge in [-0.3, -0.25) is 0 Å². The second-order valence-corrected chi connectivity index (χ2v) is 6.73. The van der Waals surface area contributed by atoms with Crippen molar-refractivity contribution in [2.45, 2.75) is 26.3 Å². The predicted molar refractivity (Wildman–Crippen MR) is 95.5 cm³/mol. The molecular weight excluding hydrogens is 369 g/mol. The molecule has 0 saturated heterocycles. The maximum Gasteiger partial charge on any atom is 0.0624 e. The van der Waals surface area contributed by atoms with Crippen LogP contribution in [0, 0.1) is 6.92 Å². The summed E-state index contributed by atoms with van der Waals surface area (Å²) in [6, 6.07) is 12.4. The van der Waals surface area contributed by atoms with Crippen LogP contribution in [0.4, 0.5) is 0 Å². The van der Waals surface area contributed by atoms with E-state index in [-0.39, 0.29) is 6.04 Å². The van der Waals surface area contributed by atoms with Crippen molar-refractivity contribution in [3.63, 3.8) is 0 Å². The van der Waals surface area contributed by atoms with Crippen LogP contribution < -0.4 is 5.32 Å². The largest absolute Gasteiger partial charge is 0.310 e. The highest BCUT2D eigenvalue weighted by atomic mass is 79.9. The van der Waals surface area contributed by atoms with Crippen molar-refractivity contribution in [3.05, 3.63) is 67.6 Å². The van der Waals surface area contributed by atoms with Gasteiger partial charge in [0.2, 0.25) is 0 Å². The van der Waals surface area contributed by atoms with E-state index in [1.165, 1.54) is 11.1 Å². The monoisotopic (exact) mass is 385 g/mol. The van der Waals surface area contributed by atoms with Crippen LogP contribution in [-0.2, 0) is 6.42 Å². The van der Waals surface area contributed by atoms with E-state index in [1.54, 1.807) is 0 Å². The molecule has 0 aliphatic rings. The molecule has 0 amide bonds. The lowest BCUT2D eigenvalue weighted by Gasteiger charge is -2.21. The third kappa shape index (κ3) is 4.23. The third-order valence-electron chi connectivity index (χ3n) is 3.52. The number of rotatable bonds is 5.